The summed E-state index contributed by atoms with van der Waals surface area (Å²) in [5, 5.41) is 49.9. The number of aliphatic hydroxyl groups excluding tert-OH is 3. The Bertz CT molecular complexity index is 1150. The highest BCUT2D eigenvalue weighted by Gasteiger charge is 2.59. The molecule has 3 saturated heterocycles. The van der Waals surface area contributed by atoms with Gasteiger partial charge in [0, 0.05) is 44.4 Å². The van der Waals surface area contributed by atoms with E-state index in [1.165, 1.54) is 0 Å². The van der Waals surface area contributed by atoms with Crippen molar-refractivity contribution in [1.29, 1.82) is 0 Å². The molecular weight excluding hydrogens is 642 g/mol. The van der Waals surface area contributed by atoms with Crippen LogP contribution >= 0.6 is 0 Å². The van der Waals surface area contributed by atoms with Gasteiger partial charge in [-0.05, 0) is 101 Å². The number of ether oxygens (including phenoxy) is 4. The average molecular weight is 709 g/mol. The van der Waals surface area contributed by atoms with Crippen molar-refractivity contribution in [2.24, 2.45) is 40.7 Å². The molecule has 0 aromatic rings. The number of hydrogen-bond donors (Lipinski definition) is 6. The summed E-state index contributed by atoms with van der Waals surface area (Å²) in [7, 11) is 3.29. The molecule has 50 heavy (non-hydrogen) atoms. The highest BCUT2D eigenvalue weighted by atomic mass is 16.5. The van der Waals surface area contributed by atoms with Crippen molar-refractivity contribution in [3.05, 3.63) is 12.2 Å². The van der Waals surface area contributed by atoms with E-state index in [1.54, 1.807) is 14.2 Å². The van der Waals surface area contributed by atoms with Crippen molar-refractivity contribution >= 4 is 5.97 Å². The van der Waals surface area contributed by atoms with Gasteiger partial charge in [-0.15, -0.1) is 0 Å². The monoisotopic (exact) mass is 708 g/mol. The second-order valence-corrected chi connectivity index (χ2v) is 17.0. The number of hydrogen-bond acceptors (Lipinski definition) is 10. The summed E-state index contributed by atoms with van der Waals surface area (Å²) >= 11 is 0. The van der Waals surface area contributed by atoms with Crippen LogP contribution < -0.4 is 21.5 Å². The average Bonchev–Trinajstić information content (AvgIpc) is 3.48. The molecule has 12 nitrogen and oxygen atoms in total. The third-order valence-electron chi connectivity index (χ3n) is 14.0. The Morgan fingerprint density at radius 3 is 2.46 bits per heavy atom. The van der Waals surface area contributed by atoms with Crippen molar-refractivity contribution in [3.63, 3.8) is 0 Å². The first-order chi connectivity index (χ1) is 24.0. The van der Waals surface area contributed by atoms with Gasteiger partial charge in [-0.1, -0.05) is 12.2 Å². The summed E-state index contributed by atoms with van der Waals surface area (Å²) in [4.78, 5) is 12.7. The maximum Gasteiger partial charge on any atom is 0.137 e. The molecule has 6 aliphatic rings. The summed E-state index contributed by atoms with van der Waals surface area (Å²) in [5.41, 5.74) is 5.85. The van der Waals surface area contributed by atoms with Crippen LogP contribution in [0.4, 0.5) is 0 Å². The van der Waals surface area contributed by atoms with Gasteiger partial charge in [0.2, 0.25) is 0 Å². The molecule has 17 unspecified atom stereocenters. The molecule has 5 fully saturated rings. The van der Waals surface area contributed by atoms with Crippen molar-refractivity contribution in [1.82, 2.24) is 0 Å². The number of carbonyl (C=O) groups is 1. The lowest BCUT2D eigenvalue weighted by molar-refractivity contribution is -0.746. The van der Waals surface area contributed by atoms with Crippen LogP contribution in [0.15, 0.2) is 12.2 Å². The zero-order valence-corrected chi connectivity index (χ0v) is 30.5. The molecule has 0 aromatic carbocycles. The van der Waals surface area contributed by atoms with Crippen LogP contribution in [-0.2, 0) is 23.7 Å². The number of piperidine rings is 2. The number of methoxy groups -OCH3 is 2. The van der Waals surface area contributed by atoms with E-state index in [1.807, 2.05) is 6.08 Å². The number of nitrogens with two attached hydrogens (primary N) is 3. The number of quaternary nitrogens is 2. The molecule has 0 aromatic heterocycles. The van der Waals surface area contributed by atoms with E-state index >= 15 is 0 Å². The largest absolute Gasteiger partial charge is 0.549 e. The number of carboxylic acid groups (broad SMARTS) is 1. The Hall–Kier alpha value is -1.19. The van der Waals surface area contributed by atoms with E-state index in [4.69, 9.17) is 24.7 Å². The molecule has 2 saturated carbocycles. The minimum absolute atomic E-state index is 0.0205. The van der Waals surface area contributed by atoms with Crippen molar-refractivity contribution in [2.75, 3.05) is 27.4 Å². The highest BCUT2D eigenvalue weighted by molar-refractivity contribution is 5.72. The maximum absolute atomic E-state index is 12.7. The van der Waals surface area contributed by atoms with E-state index in [0.29, 0.717) is 50.2 Å². The fourth-order valence-electron chi connectivity index (χ4n) is 11.2. The molecular formula is C38H66N3O9+. The van der Waals surface area contributed by atoms with Gasteiger partial charge in [0.1, 0.15) is 18.3 Å². The first-order valence-electron chi connectivity index (χ1n) is 19.7. The van der Waals surface area contributed by atoms with Crippen LogP contribution in [0.5, 0.6) is 0 Å². The third-order valence-corrected chi connectivity index (χ3v) is 14.0. The zero-order valence-electron chi connectivity index (χ0n) is 30.5. The van der Waals surface area contributed by atoms with Crippen molar-refractivity contribution < 1.29 is 54.8 Å². The van der Waals surface area contributed by atoms with Gasteiger partial charge in [0.15, 0.2) is 0 Å². The first-order valence-corrected chi connectivity index (χ1v) is 19.7. The van der Waals surface area contributed by atoms with Crippen LogP contribution in [-0.4, -0.2) is 116 Å². The molecule has 17 atom stereocenters. The molecule has 3 aliphatic carbocycles. The number of aliphatic hydroxyl groups is 3. The van der Waals surface area contributed by atoms with Gasteiger partial charge in [-0.3, -0.25) is 5.73 Å². The predicted molar refractivity (Wildman–Crippen MR) is 182 cm³/mol. The normalized spacial score (nSPS) is 48.5. The lowest BCUT2D eigenvalue weighted by Crippen LogP contribution is -3.01. The molecule has 0 radical (unpaired) electrons. The van der Waals surface area contributed by atoms with Crippen LogP contribution in [0.3, 0.4) is 0 Å². The summed E-state index contributed by atoms with van der Waals surface area (Å²) in [6.07, 6.45) is 11.4. The highest BCUT2D eigenvalue weighted by Crippen LogP contribution is 2.54. The number of aliphatic carboxylic acids is 1. The third kappa shape index (κ3) is 8.30. The summed E-state index contributed by atoms with van der Waals surface area (Å²) in [6, 6.07) is 0.198. The van der Waals surface area contributed by atoms with Crippen LogP contribution in [0.1, 0.15) is 90.4 Å². The Balaban J connectivity index is 1.13. The molecule has 1 spiro atoms. The molecule has 9 N–H and O–H groups in total. The molecule has 286 valence electrons. The molecule has 12 heteroatoms. The Morgan fingerprint density at radius 1 is 0.940 bits per heavy atom. The summed E-state index contributed by atoms with van der Waals surface area (Å²) in [6.45, 7) is 3.45. The van der Waals surface area contributed by atoms with E-state index < -0.39 is 47.8 Å². The van der Waals surface area contributed by atoms with E-state index in [9.17, 15) is 25.2 Å². The van der Waals surface area contributed by atoms with Crippen molar-refractivity contribution in [2.45, 2.75) is 157 Å². The first kappa shape index (κ1) is 38.5. The Labute approximate surface area is 298 Å². The quantitative estimate of drug-likeness (QED) is 0.144. The standard InChI is InChI=1S/C38H65N3O9/c1-21-10-12-38(27(7-8-28(38)37(45)46)23-11-13-40-35(39)17-23)34(41-21)20-49-33-16-24(15-32(48-3)36(33)44)30-19-25(42)18-26(50-30)6-4-22-5-9-29(43)31(14-22)47-2/h7-8,21-36,40-44H,4-6,9-20,39H2,1-3H3,(H,45,46)/p+1. The van der Waals surface area contributed by atoms with E-state index in [2.05, 4.69) is 23.6 Å². The second kappa shape index (κ2) is 16.9. The fourth-order valence-corrected chi connectivity index (χ4v) is 11.2. The smallest absolute Gasteiger partial charge is 0.137 e. The topological polar surface area (TPSA) is 197 Å². The zero-order chi connectivity index (χ0) is 35.6. The van der Waals surface area contributed by atoms with E-state index in [0.717, 1.165) is 64.3 Å². The van der Waals surface area contributed by atoms with Crippen LogP contribution in [0.25, 0.3) is 0 Å². The SMILES string of the molecule is COC1CC(CCC2CC(O)CC(C3CC(OC)C(O)C(OCC4[NH2+]C(C)CCC45C(C(=O)[O-])C=CC5C4CC[NH2+]C(N)C4)C3)O2)CCC1O. The van der Waals surface area contributed by atoms with Gasteiger partial charge in [-0.2, -0.15) is 0 Å². The Kier molecular flexibility index (Phi) is 13.0. The number of carboxylic acids is 1. The fraction of sp³-hybridized carbons (Fsp3) is 0.921. The van der Waals surface area contributed by atoms with Gasteiger partial charge >= 0.3 is 0 Å². The lowest BCUT2D eigenvalue weighted by atomic mass is 9.57. The van der Waals surface area contributed by atoms with Gasteiger partial charge in [0.05, 0.1) is 61.9 Å². The number of carbonyl (C=O) groups excluding carboxylic acids is 1. The summed E-state index contributed by atoms with van der Waals surface area (Å²) < 4.78 is 24.8. The van der Waals surface area contributed by atoms with Crippen molar-refractivity contribution in [3.8, 4) is 0 Å². The Morgan fingerprint density at radius 2 is 1.72 bits per heavy atom. The molecule has 0 bridgehead atoms. The molecule has 3 aliphatic heterocycles. The second-order valence-electron chi connectivity index (χ2n) is 17.0. The molecule has 0 amide bonds. The van der Waals surface area contributed by atoms with Crippen LogP contribution in [0.2, 0.25) is 0 Å². The number of allylic oxidation sites excluding steroid dienone is 1. The molecule has 3 heterocycles. The van der Waals surface area contributed by atoms with Gasteiger partial charge in [-0.25, -0.2) is 0 Å². The lowest BCUT2D eigenvalue weighted by Gasteiger charge is -2.52. The minimum atomic E-state index is -1.03. The maximum atomic E-state index is 12.7. The minimum Gasteiger partial charge on any atom is -0.549 e. The molecule has 6 rings (SSSR count). The number of rotatable bonds is 11. The van der Waals surface area contributed by atoms with E-state index in [-0.39, 0.29) is 42.4 Å². The summed E-state index contributed by atoms with van der Waals surface area (Å²) in [5.74, 6) is -0.846. The van der Waals surface area contributed by atoms with Crippen LogP contribution in [0, 0.1) is 35.0 Å². The van der Waals surface area contributed by atoms with Gasteiger partial charge < -0.3 is 54.8 Å². The van der Waals surface area contributed by atoms with Gasteiger partial charge in [0.25, 0.3) is 0 Å². The predicted octanol–water partition coefficient (Wildman–Crippen LogP) is -1.07.